The molecule has 3 aromatic rings. The molecule has 2 saturated heterocycles. The van der Waals surface area contributed by atoms with Gasteiger partial charge in [0.05, 0.1) is 31.5 Å². The Morgan fingerprint density at radius 2 is 2.13 bits per heavy atom. The highest BCUT2D eigenvalue weighted by Crippen LogP contribution is 2.36. The molecule has 156 valence electrons. The first-order valence-electron chi connectivity index (χ1n) is 10.5. The number of fused-ring (bicyclic) bond motifs is 1. The minimum Gasteiger partial charge on any atom is -0.372 e. The van der Waals surface area contributed by atoms with Gasteiger partial charge in [-0.2, -0.15) is 0 Å². The van der Waals surface area contributed by atoms with Crippen LogP contribution in [0.1, 0.15) is 34.6 Å². The van der Waals surface area contributed by atoms with E-state index in [0.29, 0.717) is 26.3 Å². The molecule has 1 spiro atoms. The van der Waals surface area contributed by atoms with Gasteiger partial charge in [0.2, 0.25) is 0 Å². The fraction of sp³-hybridized carbons (Fsp3) is 0.417. The van der Waals surface area contributed by atoms with Crippen LogP contribution in [0.25, 0.3) is 10.9 Å². The number of ether oxygens (including phenoxy) is 2. The van der Waals surface area contributed by atoms with Crippen molar-refractivity contribution in [1.82, 2.24) is 14.5 Å². The number of pyridine rings is 1. The van der Waals surface area contributed by atoms with Crippen LogP contribution in [0, 0.1) is 6.92 Å². The van der Waals surface area contributed by atoms with Crippen LogP contribution in [0.15, 0.2) is 48.7 Å². The largest absolute Gasteiger partial charge is 0.372 e. The van der Waals surface area contributed by atoms with Crippen molar-refractivity contribution < 1.29 is 14.3 Å². The molecule has 2 aromatic heterocycles. The average Bonchev–Trinajstić information content (AvgIpc) is 3.10. The fourth-order valence-corrected chi connectivity index (χ4v) is 4.62. The van der Waals surface area contributed by atoms with Crippen LogP contribution < -0.4 is 0 Å². The Balaban J connectivity index is 1.19. The number of aryl methyl sites for hydroxylation is 2. The minimum absolute atomic E-state index is 0.0713. The first-order valence-corrected chi connectivity index (χ1v) is 10.5. The molecule has 2 aliphatic heterocycles. The van der Waals surface area contributed by atoms with E-state index in [9.17, 15) is 4.79 Å². The molecule has 5 rings (SSSR count). The molecular formula is C24H27N3O3. The first kappa shape index (κ1) is 19.3. The van der Waals surface area contributed by atoms with E-state index in [0.717, 1.165) is 40.7 Å². The van der Waals surface area contributed by atoms with Crippen LogP contribution in [0.5, 0.6) is 0 Å². The lowest BCUT2D eigenvalue weighted by Gasteiger charge is -2.53. The van der Waals surface area contributed by atoms with Crippen molar-refractivity contribution >= 4 is 16.8 Å². The van der Waals surface area contributed by atoms with E-state index in [1.807, 2.05) is 67.5 Å². The predicted octanol–water partition coefficient (Wildman–Crippen LogP) is 3.47. The van der Waals surface area contributed by atoms with Gasteiger partial charge in [-0.3, -0.25) is 9.78 Å². The zero-order chi connectivity index (χ0) is 20.7. The van der Waals surface area contributed by atoms with Crippen molar-refractivity contribution in [3.63, 3.8) is 0 Å². The number of aromatic nitrogens is 2. The molecule has 30 heavy (non-hydrogen) atoms. The maximum Gasteiger partial charge on any atom is 0.254 e. The van der Waals surface area contributed by atoms with Crippen LogP contribution >= 0.6 is 0 Å². The molecule has 2 aliphatic rings. The van der Waals surface area contributed by atoms with Gasteiger partial charge in [-0.25, -0.2) is 0 Å². The van der Waals surface area contributed by atoms with Crippen LogP contribution in [0.4, 0.5) is 0 Å². The molecule has 1 amide bonds. The summed E-state index contributed by atoms with van der Waals surface area (Å²) in [6.45, 7) is 4.43. The number of hydrogen-bond acceptors (Lipinski definition) is 4. The highest BCUT2D eigenvalue weighted by Gasteiger charge is 2.49. The molecule has 0 N–H and O–H groups in total. The monoisotopic (exact) mass is 405 g/mol. The summed E-state index contributed by atoms with van der Waals surface area (Å²) in [6.07, 6.45) is 3.85. The molecule has 2 fully saturated rings. The van der Waals surface area contributed by atoms with Gasteiger partial charge >= 0.3 is 0 Å². The second-order valence-electron chi connectivity index (χ2n) is 8.59. The van der Waals surface area contributed by atoms with E-state index in [1.165, 1.54) is 0 Å². The number of amides is 1. The van der Waals surface area contributed by atoms with Crippen molar-refractivity contribution in [3.05, 3.63) is 65.6 Å². The third-order valence-corrected chi connectivity index (χ3v) is 6.24. The van der Waals surface area contributed by atoms with Crippen molar-refractivity contribution in [3.8, 4) is 0 Å². The van der Waals surface area contributed by atoms with Crippen LogP contribution in [0.3, 0.4) is 0 Å². The third kappa shape index (κ3) is 3.61. The molecular weight excluding hydrogens is 378 g/mol. The molecule has 1 atom stereocenters. The Bertz CT molecular complexity index is 1080. The highest BCUT2D eigenvalue weighted by molar-refractivity contribution is 5.98. The van der Waals surface area contributed by atoms with Crippen LogP contribution in [-0.4, -0.2) is 51.8 Å². The molecule has 0 unspecified atom stereocenters. The number of nitrogens with zero attached hydrogens (tertiary/aromatic N) is 3. The summed E-state index contributed by atoms with van der Waals surface area (Å²) in [4.78, 5) is 19.3. The Labute approximate surface area is 176 Å². The second-order valence-corrected chi connectivity index (χ2v) is 8.59. The van der Waals surface area contributed by atoms with Gasteiger partial charge < -0.3 is 18.9 Å². The Morgan fingerprint density at radius 1 is 1.27 bits per heavy atom. The average molecular weight is 405 g/mol. The first-order chi connectivity index (χ1) is 14.5. The smallest absolute Gasteiger partial charge is 0.254 e. The van der Waals surface area contributed by atoms with Gasteiger partial charge in [-0.05, 0) is 49.7 Å². The predicted molar refractivity (Wildman–Crippen MR) is 114 cm³/mol. The van der Waals surface area contributed by atoms with Crippen LogP contribution in [-0.2, 0) is 23.1 Å². The standard InChI is InChI=1S/C24H27N3O3/c1-17-4-3-5-20(25-17)14-29-21-9-11-30-24(13-21)15-27(16-24)23(28)19-6-7-22-18(12-19)8-10-26(22)2/h3-8,10,12,21H,9,11,13-16H2,1-2H3/t21-/m1/s1. The number of benzene rings is 1. The summed E-state index contributed by atoms with van der Waals surface area (Å²) in [5, 5.41) is 1.09. The zero-order valence-corrected chi connectivity index (χ0v) is 17.5. The van der Waals surface area contributed by atoms with Gasteiger partial charge in [-0.1, -0.05) is 6.07 Å². The lowest BCUT2D eigenvalue weighted by atomic mass is 9.84. The molecule has 0 aliphatic carbocycles. The number of likely N-dealkylation sites (tertiary alicyclic amines) is 1. The van der Waals surface area contributed by atoms with Gasteiger partial charge in [-0.15, -0.1) is 0 Å². The van der Waals surface area contributed by atoms with E-state index in [-0.39, 0.29) is 17.6 Å². The number of hydrogen-bond donors (Lipinski definition) is 0. The normalized spacial score (nSPS) is 20.5. The lowest BCUT2D eigenvalue weighted by Crippen LogP contribution is -2.67. The van der Waals surface area contributed by atoms with Crippen LogP contribution in [0.2, 0.25) is 0 Å². The summed E-state index contributed by atoms with van der Waals surface area (Å²) >= 11 is 0. The zero-order valence-electron chi connectivity index (χ0n) is 17.5. The summed E-state index contributed by atoms with van der Waals surface area (Å²) in [5.41, 5.74) is 3.55. The van der Waals surface area contributed by atoms with E-state index < -0.39 is 0 Å². The third-order valence-electron chi connectivity index (χ3n) is 6.24. The quantitative estimate of drug-likeness (QED) is 0.667. The van der Waals surface area contributed by atoms with Crippen molar-refractivity contribution in [2.24, 2.45) is 7.05 Å². The Hall–Kier alpha value is -2.70. The SMILES string of the molecule is Cc1cccc(CO[C@@H]2CCOC3(C2)CN(C(=O)c2ccc4c(ccn4C)c2)C3)n1. The van der Waals surface area contributed by atoms with Gasteiger partial charge in [0.15, 0.2) is 0 Å². The fourth-order valence-electron chi connectivity index (χ4n) is 4.62. The maximum absolute atomic E-state index is 13.0. The number of carbonyl (C=O) groups is 1. The molecule has 1 aromatic carbocycles. The van der Waals surface area contributed by atoms with Gasteiger partial charge in [0.25, 0.3) is 5.91 Å². The molecule has 4 heterocycles. The molecule has 0 bridgehead atoms. The maximum atomic E-state index is 13.0. The molecule has 6 heteroatoms. The highest BCUT2D eigenvalue weighted by atomic mass is 16.5. The van der Waals surface area contributed by atoms with Gasteiger partial charge in [0, 0.05) is 48.4 Å². The summed E-state index contributed by atoms with van der Waals surface area (Å²) < 4.78 is 14.3. The molecule has 0 radical (unpaired) electrons. The number of rotatable bonds is 4. The molecule has 0 saturated carbocycles. The summed E-state index contributed by atoms with van der Waals surface area (Å²) in [7, 11) is 2.01. The summed E-state index contributed by atoms with van der Waals surface area (Å²) in [5.74, 6) is 0.0713. The van der Waals surface area contributed by atoms with E-state index in [4.69, 9.17) is 9.47 Å². The topological polar surface area (TPSA) is 56.6 Å². The Kier molecular flexibility index (Phi) is 4.83. The van der Waals surface area contributed by atoms with Gasteiger partial charge in [0.1, 0.15) is 5.60 Å². The van der Waals surface area contributed by atoms with Crippen molar-refractivity contribution in [2.45, 2.75) is 38.1 Å². The second kappa shape index (κ2) is 7.52. The minimum atomic E-state index is -0.268. The summed E-state index contributed by atoms with van der Waals surface area (Å²) in [6, 6.07) is 13.9. The number of carbonyl (C=O) groups excluding carboxylic acids is 1. The Morgan fingerprint density at radius 3 is 2.97 bits per heavy atom. The van der Waals surface area contributed by atoms with Crippen molar-refractivity contribution in [2.75, 3.05) is 19.7 Å². The van der Waals surface area contributed by atoms with E-state index >= 15 is 0 Å². The lowest BCUT2D eigenvalue weighted by molar-refractivity contribution is -0.188. The van der Waals surface area contributed by atoms with E-state index in [1.54, 1.807) is 0 Å². The van der Waals surface area contributed by atoms with E-state index in [2.05, 4.69) is 9.55 Å². The molecule has 6 nitrogen and oxygen atoms in total. The van der Waals surface area contributed by atoms with Crippen molar-refractivity contribution in [1.29, 1.82) is 0 Å².